The second kappa shape index (κ2) is 10.1. The number of carbonyl (C=O) groups excluding carboxylic acids is 1. The number of aryl methyl sites for hydroxylation is 1. The van der Waals surface area contributed by atoms with Gasteiger partial charge >= 0.3 is 12.1 Å². The Morgan fingerprint density at radius 1 is 1.19 bits per heavy atom. The summed E-state index contributed by atoms with van der Waals surface area (Å²) in [6.07, 6.45) is 3.84. The molecule has 5 rings (SSSR count). The summed E-state index contributed by atoms with van der Waals surface area (Å²) < 4.78 is 21.6. The highest BCUT2D eigenvalue weighted by Crippen LogP contribution is 2.40. The highest BCUT2D eigenvalue weighted by Gasteiger charge is 2.32. The number of carboxylic acid groups (broad SMARTS) is 1. The van der Waals surface area contributed by atoms with Crippen molar-refractivity contribution < 1.29 is 23.8 Å². The van der Waals surface area contributed by atoms with Crippen LogP contribution < -0.4 is 0 Å². The third-order valence-electron chi connectivity index (χ3n) is 8.17. The lowest BCUT2D eigenvalue weighted by Gasteiger charge is -2.28. The van der Waals surface area contributed by atoms with Crippen molar-refractivity contribution in [1.82, 2.24) is 14.5 Å². The minimum absolute atomic E-state index is 0.0117. The van der Waals surface area contributed by atoms with Gasteiger partial charge < -0.3 is 19.3 Å². The Hall–Kier alpha value is -3.42. The van der Waals surface area contributed by atoms with Crippen LogP contribution in [0, 0.1) is 18.7 Å². The van der Waals surface area contributed by atoms with Crippen molar-refractivity contribution in [1.29, 1.82) is 0 Å². The second-order valence-electron chi connectivity index (χ2n) is 10.6. The van der Waals surface area contributed by atoms with Crippen molar-refractivity contribution in [3.8, 4) is 0 Å². The molecule has 1 fully saturated rings. The van der Waals surface area contributed by atoms with E-state index >= 15 is 0 Å². The number of amides is 1. The predicted molar refractivity (Wildman–Crippen MR) is 138 cm³/mol. The Morgan fingerprint density at radius 3 is 2.62 bits per heavy atom. The number of aliphatic carboxylic acids is 1. The molecule has 2 heterocycles. The van der Waals surface area contributed by atoms with Gasteiger partial charge in [0.05, 0.1) is 30.6 Å². The SMILES string of the molecule is COC(=O)N1CCc2ccc3c(nc([C@H]4CC[C@H](C(=O)O)CC4)n3[C@@H](C)Cc3ccc(C)c(F)c3)c2C1. The number of carboxylic acids is 1. The smallest absolute Gasteiger partial charge is 0.409 e. The molecule has 0 bridgehead atoms. The number of ether oxygens (including phenoxy) is 1. The van der Waals surface area contributed by atoms with Gasteiger partial charge in [0.25, 0.3) is 0 Å². The first kappa shape index (κ1) is 25.2. The Bertz CT molecular complexity index is 1340. The van der Waals surface area contributed by atoms with Crippen LogP contribution in [0.2, 0.25) is 0 Å². The van der Waals surface area contributed by atoms with Crippen LogP contribution in [0.15, 0.2) is 30.3 Å². The lowest BCUT2D eigenvalue weighted by molar-refractivity contribution is -0.142. The quantitative estimate of drug-likeness (QED) is 0.474. The molecular formula is C29H34FN3O4. The van der Waals surface area contributed by atoms with Crippen molar-refractivity contribution in [3.05, 3.63) is 64.2 Å². The van der Waals surface area contributed by atoms with E-state index in [1.807, 2.05) is 12.1 Å². The van der Waals surface area contributed by atoms with Crippen LogP contribution >= 0.6 is 0 Å². The van der Waals surface area contributed by atoms with Gasteiger partial charge in [0, 0.05) is 24.1 Å². The number of imidazole rings is 1. The zero-order chi connectivity index (χ0) is 26.3. The van der Waals surface area contributed by atoms with Crippen LogP contribution in [0.1, 0.15) is 72.6 Å². The molecule has 0 unspecified atom stereocenters. The van der Waals surface area contributed by atoms with Crippen LogP contribution in [0.25, 0.3) is 11.0 Å². The van der Waals surface area contributed by atoms with E-state index in [1.54, 1.807) is 17.9 Å². The molecule has 0 spiro atoms. The van der Waals surface area contributed by atoms with Crippen LogP contribution in [0.4, 0.5) is 9.18 Å². The van der Waals surface area contributed by atoms with Crippen molar-refractivity contribution in [2.45, 2.75) is 70.9 Å². The summed E-state index contributed by atoms with van der Waals surface area (Å²) >= 11 is 0. The molecule has 1 atom stereocenters. The lowest BCUT2D eigenvalue weighted by atomic mass is 9.81. The van der Waals surface area contributed by atoms with Gasteiger partial charge in [0.1, 0.15) is 11.6 Å². The number of benzene rings is 2. The summed E-state index contributed by atoms with van der Waals surface area (Å²) in [6.45, 7) is 4.94. The molecular weight excluding hydrogens is 473 g/mol. The molecule has 1 aliphatic carbocycles. The predicted octanol–water partition coefficient (Wildman–Crippen LogP) is 5.77. The van der Waals surface area contributed by atoms with Gasteiger partial charge in [-0.25, -0.2) is 14.2 Å². The molecule has 1 aromatic heterocycles. The van der Waals surface area contributed by atoms with Crippen molar-refractivity contribution in [2.24, 2.45) is 5.92 Å². The molecule has 196 valence electrons. The molecule has 1 saturated carbocycles. The highest BCUT2D eigenvalue weighted by molar-refractivity contribution is 5.82. The van der Waals surface area contributed by atoms with Gasteiger partial charge in [-0.1, -0.05) is 18.2 Å². The molecule has 7 nitrogen and oxygen atoms in total. The number of nitrogens with zero attached hydrogens (tertiary/aromatic N) is 3. The molecule has 0 saturated heterocycles. The zero-order valence-electron chi connectivity index (χ0n) is 21.7. The first-order valence-electron chi connectivity index (χ1n) is 13.1. The van der Waals surface area contributed by atoms with Gasteiger partial charge in [0.15, 0.2) is 0 Å². The maximum Gasteiger partial charge on any atom is 0.409 e. The van der Waals surface area contributed by atoms with Gasteiger partial charge in [-0.2, -0.15) is 0 Å². The fourth-order valence-electron chi connectivity index (χ4n) is 6.04. The third kappa shape index (κ3) is 4.81. The number of methoxy groups -OCH3 is 1. The largest absolute Gasteiger partial charge is 0.481 e. The van der Waals surface area contributed by atoms with E-state index in [4.69, 9.17) is 9.72 Å². The van der Waals surface area contributed by atoms with E-state index < -0.39 is 5.97 Å². The number of rotatable bonds is 5. The normalized spacial score (nSPS) is 20.5. The van der Waals surface area contributed by atoms with Gasteiger partial charge in [0.2, 0.25) is 0 Å². The Kier molecular flexibility index (Phi) is 6.92. The molecule has 1 amide bonds. The van der Waals surface area contributed by atoms with E-state index in [0.29, 0.717) is 37.9 Å². The highest BCUT2D eigenvalue weighted by atomic mass is 19.1. The maximum atomic E-state index is 14.3. The minimum atomic E-state index is -0.723. The number of aromatic nitrogens is 2. The van der Waals surface area contributed by atoms with Crippen LogP contribution in [-0.4, -0.2) is 45.3 Å². The van der Waals surface area contributed by atoms with Crippen LogP contribution in [0.3, 0.4) is 0 Å². The van der Waals surface area contributed by atoms with E-state index in [-0.39, 0.29) is 29.8 Å². The summed E-state index contributed by atoms with van der Waals surface area (Å²) in [6, 6.07) is 9.66. The van der Waals surface area contributed by atoms with Crippen molar-refractivity contribution >= 4 is 23.1 Å². The average Bonchev–Trinajstić information content (AvgIpc) is 3.30. The summed E-state index contributed by atoms with van der Waals surface area (Å²) in [7, 11) is 1.40. The Morgan fingerprint density at radius 2 is 1.95 bits per heavy atom. The summed E-state index contributed by atoms with van der Waals surface area (Å²) in [5.74, 6) is -0.120. The average molecular weight is 508 g/mol. The molecule has 1 aliphatic heterocycles. The zero-order valence-corrected chi connectivity index (χ0v) is 21.7. The molecule has 37 heavy (non-hydrogen) atoms. The number of fused-ring (bicyclic) bond motifs is 3. The fourth-order valence-corrected chi connectivity index (χ4v) is 6.04. The molecule has 3 aromatic rings. The number of hydrogen-bond donors (Lipinski definition) is 1. The van der Waals surface area contributed by atoms with Gasteiger partial charge in [-0.05, 0) is 81.2 Å². The van der Waals surface area contributed by atoms with E-state index in [0.717, 1.165) is 47.2 Å². The van der Waals surface area contributed by atoms with Crippen molar-refractivity contribution in [3.63, 3.8) is 0 Å². The third-order valence-corrected chi connectivity index (χ3v) is 8.17. The Labute approximate surface area is 216 Å². The van der Waals surface area contributed by atoms with Crippen LogP contribution in [-0.2, 0) is 28.9 Å². The number of carbonyl (C=O) groups is 2. The number of halogens is 1. The van der Waals surface area contributed by atoms with Gasteiger partial charge in [-0.3, -0.25) is 4.79 Å². The summed E-state index contributed by atoms with van der Waals surface area (Å²) in [4.78, 5) is 30.7. The van der Waals surface area contributed by atoms with E-state index in [2.05, 4.69) is 23.6 Å². The monoisotopic (exact) mass is 507 g/mol. The van der Waals surface area contributed by atoms with Crippen molar-refractivity contribution in [2.75, 3.05) is 13.7 Å². The standard InChI is InChI=1S/C29H34FN3O4/c1-17-4-5-19(15-24(17)30)14-18(2)33-25-11-10-20-12-13-32(29(36)37-3)16-23(20)26(25)31-27(33)21-6-8-22(9-7-21)28(34)35/h4-5,10-11,15,18,21-22H,6-9,12-14,16H2,1-3H3,(H,34,35)/t18-,21-,22-/m0/s1. The second-order valence-corrected chi connectivity index (χ2v) is 10.6. The molecule has 2 aromatic carbocycles. The fraction of sp³-hybridized carbons (Fsp3) is 0.483. The molecule has 2 aliphatic rings. The summed E-state index contributed by atoms with van der Waals surface area (Å²) in [5.41, 5.74) is 5.67. The topological polar surface area (TPSA) is 84.7 Å². The Balaban J connectivity index is 1.56. The summed E-state index contributed by atoms with van der Waals surface area (Å²) in [5, 5.41) is 9.49. The van der Waals surface area contributed by atoms with E-state index in [9.17, 15) is 19.1 Å². The van der Waals surface area contributed by atoms with E-state index in [1.165, 1.54) is 12.7 Å². The molecule has 0 radical (unpaired) electrons. The minimum Gasteiger partial charge on any atom is -0.481 e. The molecule has 8 heteroatoms. The van der Waals surface area contributed by atoms with Gasteiger partial charge in [-0.15, -0.1) is 0 Å². The molecule has 1 N–H and O–H groups in total. The number of hydrogen-bond acceptors (Lipinski definition) is 4. The van der Waals surface area contributed by atoms with Crippen LogP contribution in [0.5, 0.6) is 0 Å². The maximum absolute atomic E-state index is 14.3. The first-order valence-corrected chi connectivity index (χ1v) is 13.1. The first-order chi connectivity index (χ1) is 17.8. The lowest BCUT2D eigenvalue weighted by Crippen LogP contribution is -2.35.